The quantitative estimate of drug-likeness (QED) is 0.787. The molecule has 80 valence electrons. The molecule has 0 atom stereocenters. The Morgan fingerprint density at radius 1 is 1.53 bits per heavy atom. The van der Waals surface area contributed by atoms with E-state index in [9.17, 15) is 4.39 Å². The molecule has 1 aromatic rings. The van der Waals surface area contributed by atoms with Crippen LogP contribution in [0.1, 0.15) is 12.0 Å². The number of hydrogen-bond donors (Lipinski definition) is 0. The summed E-state index contributed by atoms with van der Waals surface area (Å²) in [4.78, 5) is 1.89. The molecule has 0 heterocycles. The van der Waals surface area contributed by atoms with E-state index in [1.165, 1.54) is 6.07 Å². The van der Waals surface area contributed by atoms with Gasteiger partial charge in [-0.3, -0.25) is 0 Å². The van der Waals surface area contributed by atoms with Crippen molar-refractivity contribution in [2.75, 3.05) is 18.5 Å². The van der Waals surface area contributed by atoms with Crippen LogP contribution in [0, 0.1) is 17.1 Å². The van der Waals surface area contributed by atoms with E-state index in [0.717, 1.165) is 5.69 Å². The van der Waals surface area contributed by atoms with Crippen LogP contribution < -0.4 is 4.90 Å². The van der Waals surface area contributed by atoms with E-state index in [4.69, 9.17) is 5.26 Å². The minimum atomic E-state index is -0.215. The highest BCUT2D eigenvalue weighted by molar-refractivity contribution is 9.08. The van der Waals surface area contributed by atoms with Gasteiger partial charge in [0.25, 0.3) is 0 Å². The Bertz CT molecular complexity index is 373. The van der Waals surface area contributed by atoms with Crippen molar-refractivity contribution in [1.29, 1.82) is 5.26 Å². The summed E-state index contributed by atoms with van der Waals surface area (Å²) >= 11 is 3.26. The van der Waals surface area contributed by atoms with Crippen LogP contribution in [-0.4, -0.2) is 13.6 Å². The molecule has 0 unspecified atom stereocenters. The predicted molar refractivity (Wildman–Crippen MR) is 62.5 cm³/mol. The summed E-state index contributed by atoms with van der Waals surface area (Å²) < 4.78 is 13.4. The average Bonchev–Trinajstić information content (AvgIpc) is 2.25. The third-order valence-corrected chi connectivity index (χ3v) is 2.76. The standard InChI is InChI=1S/C11H12BrFN2/c1-15(7-3-6-14)11-5-2-4-10(13)9(11)8-12/h2,4-5H,3,7-8H2,1H3. The molecule has 1 rings (SSSR count). The van der Waals surface area contributed by atoms with Gasteiger partial charge in [-0.1, -0.05) is 22.0 Å². The largest absolute Gasteiger partial charge is 0.373 e. The number of alkyl halides is 1. The van der Waals surface area contributed by atoms with Crippen LogP contribution in [0.3, 0.4) is 0 Å². The molecule has 0 amide bonds. The first-order valence-electron chi connectivity index (χ1n) is 4.62. The minimum absolute atomic E-state index is 0.215. The third kappa shape index (κ3) is 2.93. The first-order valence-corrected chi connectivity index (χ1v) is 5.74. The lowest BCUT2D eigenvalue weighted by Gasteiger charge is -2.20. The van der Waals surface area contributed by atoms with E-state index in [1.54, 1.807) is 6.07 Å². The molecule has 0 aliphatic carbocycles. The lowest BCUT2D eigenvalue weighted by molar-refractivity contribution is 0.617. The molecule has 0 radical (unpaired) electrons. The first kappa shape index (κ1) is 12.0. The molecule has 0 N–H and O–H groups in total. The lowest BCUT2D eigenvalue weighted by Crippen LogP contribution is -2.19. The van der Waals surface area contributed by atoms with Crippen molar-refractivity contribution < 1.29 is 4.39 Å². The second-order valence-corrected chi connectivity index (χ2v) is 3.76. The van der Waals surface area contributed by atoms with Crippen molar-refractivity contribution in [3.05, 3.63) is 29.6 Å². The van der Waals surface area contributed by atoms with Gasteiger partial charge >= 0.3 is 0 Å². The smallest absolute Gasteiger partial charge is 0.129 e. The monoisotopic (exact) mass is 270 g/mol. The van der Waals surface area contributed by atoms with Gasteiger partial charge in [0.2, 0.25) is 0 Å². The number of anilines is 1. The van der Waals surface area contributed by atoms with Gasteiger partial charge in [-0.25, -0.2) is 4.39 Å². The van der Waals surface area contributed by atoms with Gasteiger partial charge in [-0.05, 0) is 12.1 Å². The first-order chi connectivity index (χ1) is 7.20. The van der Waals surface area contributed by atoms with E-state index in [-0.39, 0.29) is 5.82 Å². The normalized spacial score (nSPS) is 9.73. The summed E-state index contributed by atoms with van der Waals surface area (Å²) in [6, 6.07) is 7.05. The number of nitriles is 1. The van der Waals surface area contributed by atoms with E-state index in [1.807, 2.05) is 18.0 Å². The number of benzene rings is 1. The second-order valence-electron chi connectivity index (χ2n) is 3.20. The third-order valence-electron chi connectivity index (χ3n) is 2.20. The number of rotatable bonds is 4. The molecule has 4 heteroatoms. The van der Waals surface area contributed by atoms with E-state index in [2.05, 4.69) is 22.0 Å². The zero-order valence-electron chi connectivity index (χ0n) is 8.50. The van der Waals surface area contributed by atoms with Crippen molar-refractivity contribution in [3.8, 4) is 6.07 Å². The van der Waals surface area contributed by atoms with Crippen LogP contribution in [0.2, 0.25) is 0 Å². The topological polar surface area (TPSA) is 27.0 Å². The fourth-order valence-electron chi connectivity index (χ4n) is 1.38. The van der Waals surface area contributed by atoms with Gasteiger partial charge in [-0.2, -0.15) is 5.26 Å². The van der Waals surface area contributed by atoms with Crippen LogP contribution in [0.4, 0.5) is 10.1 Å². The molecule has 0 fully saturated rings. The van der Waals surface area contributed by atoms with Crippen LogP contribution in [0.15, 0.2) is 18.2 Å². The fraction of sp³-hybridized carbons (Fsp3) is 0.364. The highest BCUT2D eigenvalue weighted by Crippen LogP contribution is 2.24. The molecule has 2 nitrogen and oxygen atoms in total. The SMILES string of the molecule is CN(CCC#N)c1cccc(F)c1CBr. The van der Waals surface area contributed by atoms with Crippen LogP contribution in [0.25, 0.3) is 0 Å². The summed E-state index contributed by atoms with van der Waals surface area (Å²) in [5.74, 6) is -0.215. The zero-order valence-corrected chi connectivity index (χ0v) is 10.1. The van der Waals surface area contributed by atoms with Crippen molar-refractivity contribution in [2.24, 2.45) is 0 Å². The molecule has 0 aromatic heterocycles. The van der Waals surface area contributed by atoms with Gasteiger partial charge in [0.1, 0.15) is 5.82 Å². The highest BCUT2D eigenvalue weighted by Gasteiger charge is 2.10. The summed E-state index contributed by atoms with van der Waals surface area (Å²) in [7, 11) is 1.86. The maximum absolute atomic E-state index is 13.4. The van der Waals surface area contributed by atoms with Crippen molar-refractivity contribution in [3.63, 3.8) is 0 Å². The summed E-state index contributed by atoms with van der Waals surface area (Å²) in [5, 5.41) is 8.96. The van der Waals surface area contributed by atoms with Crippen LogP contribution in [0.5, 0.6) is 0 Å². The Kier molecular flexibility index (Phi) is 4.57. The predicted octanol–water partition coefficient (Wildman–Crippen LogP) is 3.07. The summed E-state index contributed by atoms with van der Waals surface area (Å²) in [5.41, 5.74) is 1.47. The van der Waals surface area contributed by atoms with Gasteiger partial charge in [0.05, 0.1) is 12.5 Å². The van der Waals surface area contributed by atoms with Gasteiger partial charge < -0.3 is 4.90 Å². The van der Waals surface area contributed by atoms with E-state index in [0.29, 0.717) is 23.9 Å². The molecule has 1 aromatic carbocycles. The second kappa shape index (κ2) is 5.72. The average molecular weight is 271 g/mol. The Morgan fingerprint density at radius 2 is 2.27 bits per heavy atom. The summed E-state index contributed by atoms with van der Waals surface area (Å²) in [6.45, 7) is 0.611. The molecule has 0 saturated heterocycles. The molecular formula is C11H12BrFN2. The zero-order chi connectivity index (χ0) is 11.3. The van der Waals surface area contributed by atoms with Crippen LogP contribution >= 0.6 is 15.9 Å². The maximum atomic E-state index is 13.4. The highest BCUT2D eigenvalue weighted by atomic mass is 79.9. The Hall–Kier alpha value is -1.08. The van der Waals surface area contributed by atoms with Crippen molar-refractivity contribution >= 4 is 21.6 Å². The van der Waals surface area contributed by atoms with E-state index >= 15 is 0 Å². The Balaban J connectivity index is 2.93. The summed E-state index contributed by atoms with van der Waals surface area (Å²) in [6.07, 6.45) is 0.439. The van der Waals surface area contributed by atoms with Crippen molar-refractivity contribution in [2.45, 2.75) is 11.8 Å². The molecule has 0 saturated carbocycles. The van der Waals surface area contributed by atoms with Crippen molar-refractivity contribution in [1.82, 2.24) is 0 Å². The molecule has 0 aliphatic heterocycles. The lowest BCUT2D eigenvalue weighted by atomic mass is 10.1. The number of nitrogens with zero attached hydrogens (tertiary/aromatic N) is 2. The van der Waals surface area contributed by atoms with E-state index < -0.39 is 0 Å². The Morgan fingerprint density at radius 3 is 2.87 bits per heavy atom. The molecule has 0 aliphatic rings. The maximum Gasteiger partial charge on any atom is 0.129 e. The molecule has 15 heavy (non-hydrogen) atoms. The molecule has 0 bridgehead atoms. The van der Waals surface area contributed by atoms with Gasteiger partial charge in [0, 0.05) is 30.2 Å². The molecule has 0 spiro atoms. The Labute approximate surface area is 97.4 Å². The van der Waals surface area contributed by atoms with Gasteiger partial charge in [-0.15, -0.1) is 0 Å². The number of hydrogen-bond acceptors (Lipinski definition) is 2. The molecular weight excluding hydrogens is 259 g/mol. The number of halogens is 2. The van der Waals surface area contributed by atoms with Crippen LogP contribution in [-0.2, 0) is 5.33 Å². The fourth-order valence-corrected chi connectivity index (χ4v) is 1.93. The minimum Gasteiger partial charge on any atom is -0.373 e. The van der Waals surface area contributed by atoms with Gasteiger partial charge in [0.15, 0.2) is 0 Å².